The summed E-state index contributed by atoms with van der Waals surface area (Å²) < 4.78 is 7.27. The average molecular weight is 315 g/mol. The largest absolute Gasteiger partial charge is 0.464 e. The van der Waals surface area contributed by atoms with E-state index in [1.165, 1.54) is 7.11 Å². The van der Waals surface area contributed by atoms with Crippen LogP contribution in [0.15, 0.2) is 41.0 Å². The number of carbonyl (C=O) groups excluding carboxylic acids is 1. The number of esters is 1. The van der Waals surface area contributed by atoms with Gasteiger partial charge < -0.3 is 9.30 Å². The summed E-state index contributed by atoms with van der Waals surface area (Å²) in [5, 5.41) is 0.632. The molecule has 0 fully saturated rings. The van der Waals surface area contributed by atoms with Crippen LogP contribution in [0.25, 0.3) is 5.69 Å². The minimum atomic E-state index is -0.378. The topological polar surface area (TPSA) is 31.2 Å². The molecule has 5 heteroatoms. The third kappa shape index (κ3) is 2.37. The first-order chi connectivity index (χ1) is 8.13. The van der Waals surface area contributed by atoms with Crippen LogP contribution in [0.5, 0.6) is 0 Å². The molecule has 0 spiro atoms. The summed E-state index contributed by atoms with van der Waals surface area (Å²) in [6.07, 6.45) is 1.79. The number of aromatic nitrogens is 1. The van der Waals surface area contributed by atoms with Crippen molar-refractivity contribution in [2.24, 2.45) is 0 Å². The number of hydrogen-bond acceptors (Lipinski definition) is 2. The predicted molar refractivity (Wildman–Crippen MR) is 69.8 cm³/mol. The van der Waals surface area contributed by atoms with Gasteiger partial charge in [0.1, 0.15) is 5.69 Å². The van der Waals surface area contributed by atoms with Crippen LogP contribution in [0.4, 0.5) is 0 Å². The molecule has 0 aliphatic carbocycles. The molecule has 0 saturated carbocycles. The van der Waals surface area contributed by atoms with Crippen molar-refractivity contribution in [3.05, 3.63) is 51.7 Å². The van der Waals surface area contributed by atoms with Gasteiger partial charge in [-0.3, -0.25) is 0 Å². The fourth-order valence-corrected chi connectivity index (χ4v) is 2.41. The molecule has 1 heterocycles. The molecule has 0 atom stereocenters. The Kier molecular flexibility index (Phi) is 3.54. The van der Waals surface area contributed by atoms with Gasteiger partial charge in [-0.25, -0.2) is 4.79 Å². The molecular formula is C12H9BrClNO2. The summed E-state index contributed by atoms with van der Waals surface area (Å²) in [6, 6.07) is 8.86. The van der Waals surface area contributed by atoms with Crippen molar-refractivity contribution >= 4 is 33.5 Å². The molecule has 2 rings (SSSR count). The molecule has 0 saturated heterocycles. The zero-order chi connectivity index (χ0) is 12.4. The molecular weight excluding hydrogens is 305 g/mol. The second kappa shape index (κ2) is 4.94. The molecule has 0 bridgehead atoms. The smallest absolute Gasteiger partial charge is 0.355 e. The molecule has 0 aliphatic heterocycles. The lowest BCUT2D eigenvalue weighted by atomic mass is 10.3. The highest BCUT2D eigenvalue weighted by molar-refractivity contribution is 9.10. The van der Waals surface area contributed by atoms with E-state index in [9.17, 15) is 4.79 Å². The van der Waals surface area contributed by atoms with E-state index in [1.807, 2.05) is 6.07 Å². The van der Waals surface area contributed by atoms with Crippen LogP contribution in [0.2, 0.25) is 5.02 Å². The zero-order valence-corrected chi connectivity index (χ0v) is 11.3. The molecule has 0 radical (unpaired) electrons. The Morgan fingerprint density at radius 2 is 2.18 bits per heavy atom. The molecule has 17 heavy (non-hydrogen) atoms. The highest BCUT2D eigenvalue weighted by Gasteiger charge is 2.13. The van der Waals surface area contributed by atoms with E-state index in [4.69, 9.17) is 16.3 Å². The standard InChI is InChI=1S/C12H9BrClNO2/c1-17-12(16)11-3-2-6-15(11)10-5-4-8(14)7-9(10)13/h2-7H,1H3. The van der Waals surface area contributed by atoms with Crippen LogP contribution in [0.3, 0.4) is 0 Å². The molecule has 88 valence electrons. The second-order valence-corrected chi connectivity index (χ2v) is 4.64. The summed E-state index contributed by atoms with van der Waals surface area (Å²) in [7, 11) is 1.36. The molecule has 0 amide bonds. The highest BCUT2D eigenvalue weighted by Crippen LogP contribution is 2.26. The number of methoxy groups -OCH3 is 1. The summed E-state index contributed by atoms with van der Waals surface area (Å²) in [5.74, 6) is -0.378. The monoisotopic (exact) mass is 313 g/mol. The Balaban J connectivity index is 2.53. The van der Waals surface area contributed by atoms with Gasteiger partial charge in [-0.2, -0.15) is 0 Å². The number of halogens is 2. The van der Waals surface area contributed by atoms with Crippen molar-refractivity contribution in [3.8, 4) is 5.69 Å². The number of rotatable bonds is 2. The van der Waals surface area contributed by atoms with Gasteiger partial charge in [0.05, 0.1) is 12.8 Å². The van der Waals surface area contributed by atoms with Crippen molar-refractivity contribution in [2.75, 3.05) is 7.11 Å². The third-order valence-corrected chi connectivity index (χ3v) is 3.18. The minimum absolute atomic E-state index is 0.378. The normalized spacial score (nSPS) is 10.3. The van der Waals surface area contributed by atoms with E-state index in [0.29, 0.717) is 10.7 Å². The maximum atomic E-state index is 11.6. The summed E-state index contributed by atoms with van der Waals surface area (Å²) in [4.78, 5) is 11.6. The van der Waals surface area contributed by atoms with Crippen LogP contribution >= 0.6 is 27.5 Å². The quantitative estimate of drug-likeness (QED) is 0.792. The van der Waals surface area contributed by atoms with Gasteiger partial charge >= 0.3 is 5.97 Å². The summed E-state index contributed by atoms with van der Waals surface area (Å²) in [5.41, 5.74) is 1.30. The molecule has 1 aromatic carbocycles. The number of benzene rings is 1. The van der Waals surface area contributed by atoms with Crippen LogP contribution in [-0.4, -0.2) is 17.6 Å². The van der Waals surface area contributed by atoms with E-state index < -0.39 is 0 Å². The third-order valence-electron chi connectivity index (χ3n) is 2.31. The second-order valence-electron chi connectivity index (χ2n) is 3.35. The van der Waals surface area contributed by atoms with Crippen molar-refractivity contribution in [2.45, 2.75) is 0 Å². The Labute approximate surface area is 112 Å². The molecule has 3 nitrogen and oxygen atoms in total. The van der Waals surface area contributed by atoms with Crippen molar-refractivity contribution < 1.29 is 9.53 Å². The van der Waals surface area contributed by atoms with Crippen LogP contribution in [0, 0.1) is 0 Å². The van der Waals surface area contributed by atoms with E-state index in [2.05, 4.69) is 15.9 Å². The first-order valence-corrected chi connectivity index (χ1v) is 6.01. The van der Waals surface area contributed by atoms with Crippen LogP contribution in [0.1, 0.15) is 10.5 Å². The van der Waals surface area contributed by atoms with Gasteiger partial charge in [-0.1, -0.05) is 11.6 Å². The molecule has 0 unspecified atom stereocenters. The Hall–Kier alpha value is -1.26. The first kappa shape index (κ1) is 12.2. The Morgan fingerprint density at radius 1 is 1.41 bits per heavy atom. The van der Waals surface area contributed by atoms with Gasteiger partial charge in [0.2, 0.25) is 0 Å². The van der Waals surface area contributed by atoms with Gasteiger partial charge in [0.15, 0.2) is 0 Å². The van der Waals surface area contributed by atoms with Gasteiger partial charge in [0, 0.05) is 15.7 Å². The van der Waals surface area contributed by atoms with Gasteiger partial charge in [0.25, 0.3) is 0 Å². The number of carbonyl (C=O) groups is 1. The van der Waals surface area contributed by atoms with Crippen molar-refractivity contribution in [3.63, 3.8) is 0 Å². The van der Waals surface area contributed by atoms with Crippen molar-refractivity contribution in [1.29, 1.82) is 0 Å². The summed E-state index contributed by atoms with van der Waals surface area (Å²) in [6.45, 7) is 0. The lowest BCUT2D eigenvalue weighted by Gasteiger charge is -2.10. The fourth-order valence-electron chi connectivity index (χ4n) is 1.54. The SMILES string of the molecule is COC(=O)c1cccn1-c1ccc(Cl)cc1Br. The number of nitrogens with zero attached hydrogens (tertiary/aromatic N) is 1. The van der Waals surface area contributed by atoms with Crippen LogP contribution < -0.4 is 0 Å². The van der Waals surface area contributed by atoms with E-state index in [0.717, 1.165) is 10.2 Å². The minimum Gasteiger partial charge on any atom is -0.464 e. The molecule has 1 aromatic heterocycles. The lowest BCUT2D eigenvalue weighted by Crippen LogP contribution is -2.08. The number of hydrogen-bond donors (Lipinski definition) is 0. The van der Waals surface area contributed by atoms with E-state index >= 15 is 0 Å². The number of ether oxygens (including phenoxy) is 1. The van der Waals surface area contributed by atoms with Crippen molar-refractivity contribution in [1.82, 2.24) is 4.57 Å². The van der Waals surface area contributed by atoms with Gasteiger partial charge in [-0.05, 0) is 46.3 Å². The average Bonchev–Trinajstić information content (AvgIpc) is 2.77. The maximum Gasteiger partial charge on any atom is 0.355 e. The predicted octanol–water partition coefficient (Wildman–Crippen LogP) is 3.68. The van der Waals surface area contributed by atoms with E-state index in [1.54, 1.807) is 35.0 Å². The van der Waals surface area contributed by atoms with E-state index in [-0.39, 0.29) is 5.97 Å². The Morgan fingerprint density at radius 3 is 2.82 bits per heavy atom. The first-order valence-electron chi connectivity index (χ1n) is 4.84. The summed E-state index contributed by atoms with van der Waals surface area (Å²) >= 11 is 9.29. The van der Waals surface area contributed by atoms with Crippen LogP contribution in [-0.2, 0) is 4.74 Å². The molecule has 0 aliphatic rings. The maximum absolute atomic E-state index is 11.6. The zero-order valence-electron chi connectivity index (χ0n) is 8.98. The Bertz CT molecular complexity index is 565. The lowest BCUT2D eigenvalue weighted by molar-refractivity contribution is 0.0591. The molecule has 0 N–H and O–H groups in total. The molecule has 2 aromatic rings. The fraction of sp³-hybridized carbons (Fsp3) is 0.0833. The highest BCUT2D eigenvalue weighted by atomic mass is 79.9. The van der Waals surface area contributed by atoms with Gasteiger partial charge in [-0.15, -0.1) is 0 Å².